The Labute approximate surface area is 107 Å². The zero-order valence-corrected chi connectivity index (χ0v) is 11.1. The summed E-state index contributed by atoms with van der Waals surface area (Å²) in [7, 11) is 0. The second-order valence-corrected chi connectivity index (χ2v) is 5.04. The molecule has 1 fully saturated rings. The topological polar surface area (TPSA) is 32.3 Å². The normalized spacial score (nSPS) is 20.0. The third-order valence-corrected chi connectivity index (χ3v) is 3.75. The van der Waals surface area contributed by atoms with Gasteiger partial charge in [-0.25, -0.2) is 0 Å². The van der Waals surface area contributed by atoms with E-state index in [1.165, 1.54) is 4.90 Å². The molecule has 1 amide bonds. The minimum Gasteiger partial charge on any atom is -0.312 e. The zero-order chi connectivity index (χ0) is 12.3. The number of nitrogens with one attached hydrogen (secondary N) is 1. The molecule has 92 valence electrons. The summed E-state index contributed by atoms with van der Waals surface area (Å²) in [6.45, 7) is 3.77. The second kappa shape index (κ2) is 5.56. The molecule has 17 heavy (non-hydrogen) atoms. The highest BCUT2D eigenvalue weighted by Crippen LogP contribution is 2.24. The van der Waals surface area contributed by atoms with Gasteiger partial charge in [-0.15, -0.1) is 11.8 Å². The van der Waals surface area contributed by atoms with Crippen LogP contribution >= 0.6 is 11.8 Å². The Morgan fingerprint density at radius 2 is 2.12 bits per heavy atom. The summed E-state index contributed by atoms with van der Waals surface area (Å²) in [6.07, 6.45) is 2.66. The molecule has 0 saturated carbocycles. The van der Waals surface area contributed by atoms with E-state index in [0.29, 0.717) is 12.5 Å². The lowest BCUT2D eigenvalue weighted by Crippen LogP contribution is -2.32. The third-order valence-electron chi connectivity index (χ3n) is 3.00. The molecule has 1 aliphatic rings. The van der Waals surface area contributed by atoms with Crippen LogP contribution in [0, 0.1) is 0 Å². The van der Waals surface area contributed by atoms with Crippen molar-refractivity contribution in [3.05, 3.63) is 24.3 Å². The maximum absolute atomic E-state index is 11.9. The largest absolute Gasteiger partial charge is 0.312 e. The van der Waals surface area contributed by atoms with Gasteiger partial charge >= 0.3 is 0 Å². The van der Waals surface area contributed by atoms with Gasteiger partial charge in [0.25, 0.3) is 0 Å². The summed E-state index contributed by atoms with van der Waals surface area (Å²) in [5, 5.41) is 3.33. The van der Waals surface area contributed by atoms with Crippen molar-refractivity contribution >= 4 is 23.4 Å². The Morgan fingerprint density at radius 1 is 1.41 bits per heavy atom. The van der Waals surface area contributed by atoms with Crippen LogP contribution in [0.3, 0.4) is 0 Å². The number of hydrogen-bond acceptors (Lipinski definition) is 3. The number of amides is 1. The predicted octanol–water partition coefficient (Wildman–Crippen LogP) is 2.12. The molecule has 1 saturated heterocycles. The minimum atomic E-state index is 0.216. The van der Waals surface area contributed by atoms with Crippen molar-refractivity contribution in [3.63, 3.8) is 0 Å². The van der Waals surface area contributed by atoms with Crippen molar-refractivity contribution in [1.82, 2.24) is 5.32 Å². The van der Waals surface area contributed by atoms with Gasteiger partial charge in [-0.3, -0.25) is 4.79 Å². The average molecular weight is 250 g/mol. The van der Waals surface area contributed by atoms with Crippen LogP contribution in [-0.4, -0.2) is 31.3 Å². The Balaban J connectivity index is 2.08. The Bertz CT molecular complexity index is 391. The molecule has 3 nitrogen and oxygen atoms in total. The summed E-state index contributed by atoms with van der Waals surface area (Å²) < 4.78 is 0. The molecule has 1 heterocycles. The van der Waals surface area contributed by atoms with Crippen molar-refractivity contribution in [2.45, 2.75) is 24.3 Å². The van der Waals surface area contributed by atoms with Crippen LogP contribution in [0.15, 0.2) is 29.2 Å². The number of nitrogens with zero attached hydrogens (tertiary/aromatic N) is 1. The molecular formula is C13H18N2OS. The monoisotopic (exact) mass is 250 g/mol. The van der Waals surface area contributed by atoms with Gasteiger partial charge in [0.2, 0.25) is 5.91 Å². The number of carbonyl (C=O) groups is 1. The van der Waals surface area contributed by atoms with E-state index in [1.54, 1.807) is 11.8 Å². The molecular weight excluding hydrogens is 232 g/mol. The number of likely N-dealkylation sites (N-methyl/N-ethyl adjacent to an activating group) is 1. The molecule has 1 aromatic carbocycles. The van der Waals surface area contributed by atoms with Gasteiger partial charge in [0.15, 0.2) is 0 Å². The van der Waals surface area contributed by atoms with Gasteiger partial charge in [0.05, 0.1) is 0 Å². The first-order valence-electron chi connectivity index (χ1n) is 5.92. The molecule has 1 N–H and O–H groups in total. The van der Waals surface area contributed by atoms with Crippen molar-refractivity contribution in [2.75, 3.05) is 24.2 Å². The number of anilines is 1. The lowest BCUT2D eigenvalue weighted by atomic mass is 10.2. The van der Waals surface area contributed by atoms with Crippen LogP contribution in [0.1, 0.15) is 13.3 Å². The molecule has 1 atom stereocenters. The van der Waals surface area contributed by atoms with E-state index in [-0.39, 0.29) is 5.91 Å². The number of benzene rings is 1. The first kappa shape index (κ1) is 12.5. The Hall–Kier alpha value is -1.00. The molecule has 0 spiro atoms. The highest BCUT2D eigenvalue weighted by molar-refractivity contribution is 7.98. The average Bonchev–Trinajstić information content (AvgIpc) is 2.71. The van der Waals surface area contributed by atoms with Gasteiger partial charge in [-0.1, -0.05) is 6.92 Å². The quantitative estimate of drug-likeness (QED) is 0.831. The highest BCUT2D eigenvalue weighted by atomic mass is 32.2. The molecule has 0 aromatic heterocycles. The van der Waals surface area contributed by atoms with E-state index in [9.17, 15) is 4.79 Å². The summed E-state index contributed by atoms with van der Waals surface area (Å²) in [5.74, 6) is 0.216. The lowest BCUT2D eigenvalue weighted by molar-refractivity contribution is -0.117. The van der Waals surface area contributed by atoms with E-state index in [2.05, 4.69) is 30.6 Å². The van der Waals surface area contributed by atoms with Crippen LogP contribution in [0.5, 0.6) is 0 Å². The molecule has 4 heteroatoms. The summed E-state index contributed by atoms with van der Waals surface area (Å²) in [5.41, 5.74) is 1.01. The molecule has 0 aliphatic carbocycles. The standard InChI is InChI=1S/C13H18N2OS/c1-3-14-10-8-13(16)15(9-10)11-4-6-12(17-2)7-5-11/h4-7,10,14H,3,8-9H2,1-2H3. The van der Waals surface area contributed by atoms with Crippen molar-refractivity contribution in [1.29, 1.82) is 0 Å². The van der Waals surface area contributed by atoms with Crippen LogP contribution in [0.4, 0.5) is 5.69 Å². The Kier molecular flexibility index (Phi) is 4.07. The summed E-state index contributed by atoms with van der Waals surface area (Å²) >= 11 is 1.71. The fourth-order valence-electron chi connectivity index (χ4n) is 2.14. The zero-order valence-electron chi connectivity index (χ0n) is 10.3. The fourth-order valence-corrected chi connectivity index (χ4v) is 2.55. The smallest absolute Gasteiger partial charge is 0.228 e. The Morgan fingerprint density at radius 3 is 2.71 bits per heavy atom. The van der Waals surface area contributed by atoms with Crippen molar-refractivity contribution in [3.8, 4) is 0 Å². The molecule has 1 unspecified atom stereocenters. The lowest BCUT2D eigenvalue weighted by Gasteiger charge is -2.17. The maximum Gasteiger partial charge on any atom is 0.228 e. The van der Waals surface area contributed by atoms with Gasteiger partial charge in [-0.2, -0.15) is 0 Å². The molecule has 0 radical (unpaired) electrons. The van der Waals surface area contributed by atoms with Gasteiger partial charge in [0.1, 0.15) is 0 Å². The van der Waals surface area contributed by atoms with Gasteiger partial charge in [-0.05, 0) is 37.1 Å². The second-order valence-electron chi connectivity index (χ2n) is 4.16. The molecule has 0 bridgehead atoms. The fraction of sp³-hybridized carbons (Fsp3) is 0.462. The van der Waals surface area contributed by atoms with Gasteiger partial charge in [0, 0.05) is 29.6 Å². The van der Waals surface area contributed by atoms with Crippen LogP contribution in [0.2, 0.25) is 0 Å². The third kappa shape index (κ3) is 2.82. The first-order chi connectivity index (χ1) is 8.24. The first-order valence-corrected chi connectivity index (χ1v) is 7.15. The SMILES string of the molecule is CCNC1CC(=O)N(c2ccc(SC)cc2)C1. The van der Waals surface area contributed by atoms with E-state index in [4.69, 9.17) is 0 Å². The minimum absolute atomic E-state index is 0.216. The van der Waals surface area contributed by atoms with Crippen molar-refractivity contribution < 1.29 is 4.79 Å². The summed E-state index contributed by atoms with van der Waals surface area (Å²) in [6, 6.07) is 8.48. The van der Waals surface area contributed by atoms with Crippen LogP contribution in [-0.2, 0) is 4.79 Å². The number of thioether (sulfide) groups is 1. The molecule has 1 aromatic rings. The van der Waals surface area contributed by atoms with E-state index >= 15 is 0 Å². The number of carbonyl (C=O) groups excluding carboxylic acids is 1. The number of hydrogen-bond donors (Lipinski definition) is 1. The highest BCUT2D eigenvalue weighted by Gasteiger charge is 2.29. The maximum atomic E-state index is 11.9. The van der Waals surface area contributed by atoms with Crippen LogP contribution in [0.25, 0.3) is 0 Å². The van der Waals surface area contributed by atoms with E-state index in [0.717, 1.165) is 18.8 Å². The van der Waals surface area contributed by atoms with Gasteiger partial charge < -0.3 is 10.2 Å². The van der Waals surface area contributed by atoms with E-state index in [1.807, 2.05) is 17.0 Å². The number of rotatable bonds is 4. The molecule has 2 rings (SSSR count). The summed E-state index contributed by atoms with van der Waals surface area (Å²) in [4.78, 5) is 15.0. The van der Waals surface area contributed by atoms with Crippen molar-refractivity contribution in [2.24, 2.45) is 0 Å². The molecule has 1 aliphatic heterocycles. The van der Waals surface area contributed by atoms with E-state index < -0.39 is 0 Å². The van der Waals surface area contributed by atoms with Crippen LogP contribution < -0.4 is 10.2 Å². The predicted molar refractivity (Wildman–Crippen MR) is 72.7 cm³/mol.